The van der Waals surface area contributed by atoms with E-state index < -0.39 is 0 Å². The minimum atomic E-state index is 0.737. The molecule has 1 aromatic carbocycles. The van der Waals surface area contributed by atoms with E-state index in [-0.39, 0.29) is 0 Å². The molecule has 0 bridgehead atoms. The van der Waals surface area contributed by atoms with Gasteiger partial charge in [0.05, 0.1) is 11.0 Å². The molecule has 0 amide bonds. The van der Waals surface area contributed by atoms with E-state index in [4.69, 9.17) is 12.2 Å². The summed E-state index contributed by atoms with van der Waals surface area (Å²) in [5.74, 6) is 1.66. The fourth-order valence-electron chi connectivity index (χ4n) is 2.55. The van der Waals surface area contributed by atoms with E-state index in [2.05, 4.69) is 41.6 Å². The van der Waals surface area contributed by atoms with Gasteiger partial charge < -0.3 is 9.55 Å². The first-order valence-electron chi connectivity index (χ1n) is 6.34. The van der Waals surface area contributed by atoms with Crippen LogP contribution < -0.4 is 0 Å². The molecule has 1 aliphatic rings. The number of hydrogen-bond acceptors (Lipinski definition) is 1. The van der Waals surface area contributed by atoms with Crippen LogP contribution >= 0.6 is 12.2 Å². The van der Waals surface area contributed by atoms with Crippen LogP contribution in [0.4, 0.5) is 0 Å². The van der Waals surface area contributed by atoms with E-state index in [0.29, 0.717) is 0 Å². The number of H-pyrrole nitrogens is 1. The van der Waals surface area contributed by atoms with E-state index in [0.717, 1.165) is 28.7 Å². The summed E-state index contributed by atoms with van der Waals surface area (Å²) < 4.78 is 3.12. The monoisotopic (exact) mass is 246 g/mol. The van der Waals surface area contributed by atoms with Gasteiger partial charge in [-0.2, -0.15) is 0 Å². The number of aromatic amines is 1. The molecule has 1 N–H and O–H groups in total. The van der Waals surface area contributed by atoms with E-state index in [1.807, 2.05) is 0 Å². The third-order valence-corrected chi connectivity index (χ3v) is 4.15. The summed E-state index contributed by atoms with van der Waals surface area (Å²) >= 11 is 5.43. The van der Waals surface area contributed by atoms with Gasteiger partial charge in [0.25, 0.3) is 0 Å². The molecule has 0 radical (unpaired) electrons. The molecule has 17 heavy (non-hydrogen) atoms. The van der Waals surface area contributed by atoms with Gasteiger partial charge in [-0.15, -0.1) is 0 Å². The highest BCUT2D eigenvalue weighted by Gasteiger charge is 2.28. The first-order valence-corrected chi connectivity index (χ1v) is 6.75. The van der Waals surface area contributed by atoms with Crippen LogP contribution in [-0.2, 0) is 6.54 Å². The number of hydrogen-bond donors (Lipinski definition) is 1. The smallest absolute Gasteiger partial charge is 0.178 e. The Morgan fingerprint density at radius 3 is 2.94 bits per heavy atom. The lowest BCUT2D eigenvalue weighted by atomic mass is 10.1. The fourth-order valence-corrected chi connectivity index (χ4v) is 2.83. The molecule has 90 valence electrons. The number of nitrogens with one attached hydrogen (secondary N) is 1. The Balaban J connectivity index is 2.04. The molecule has 0 saturated heterocycles. The molecule has 2 aromatic rings. The van der Waals surface area contributed by atoms with Crippen molar-refractivity contribution in [2.45, 2.75) is 33.2 Å². The van der Waals surface area contributed by atoms with Crippen LogP contribution in [0.1, 0.15) is 25.3 Å². The van der Waals surface area contributed by atoms with Crippen molar-refractivity contribution in [2.75, 3.05) is 0 Å². The third kappa shape index (κ3) is 2.04. The molecule has 3 rings (SSSR count). The summed E-state index contributed by atoms with van der Waals surface area (Å²) in [5, 5.41) is 0. The van der Waals surface area contributed by atoms with Gasteiger partial charge in [-0.1, -0.05) is 13.0 Å². The van der Waals surface area contributed by atoms with Crippen LogP contribution in [0.5, 0.6) is 0 Å². The predicted molar refractivity (Wildman–Crippen MR) is 73.7 cm³/mol. The molecule has 0 aliphatic heterocycles. The highest BCUT2D eigenvalue weighted by molar-refractivity contribution is 7.71. The molecule has 1 atom stereocenters. The average Bonchev–Trinajstić information content (AvgIpc) is 3.08. The minimum Gasteiger partial charge on any atom is -0.331 e. The first kappa shape index (κ1) is 11.0. The summed E-state index contributed by atoms with van der Waals surface area (Å²) in [7, 11) is 0. The van der Waals surface area contributed by atoms with E-state index in [1.165, 1.54) is 23.9 Å². The third-order valence-electron chi connectivity index (χ3n) is 3.83. The Hall–Kier alpha value is -1.09. The van der Waals surface area contributed by atoms with Gasteiger partial charge in [-0.25, -0.2) is 0 Å². The normalized spacial score (nSPS) is 17.5. The number of rotatable bonds is 3. The quantitative estimate of drug-likeness (QED) is 0.810. The lowest BCUT2D eigenvalue weighted by Crippen LogP contribution is -2.09. The van der Waals surface area contributed by atoms with E-state index in [1.54, 1.807) is 0 Å². The Morgan fingerprint density at radius 2 is 2.24 bits per heavy atom. The van der Waals surface area contributed by atoms with Crippen molar-refractivity contribution in [2.24, 2.45) is 11.8 Å². The maximum absolute atomic E-state index is 5.43. The highest BCUT2D eigenvalue weighted by Crippen LogP contribution is 2.37. The molecule has 1 aliphatic carbocycles. The number of fused-ring (bicyclic) bond motifs is 1. The van der Waals surface area contributed by atoms with Crippen LogP contribution in [0.3, 0.4) is 0 Å². The summed E-state index contributed by atoms with van der Waals surface area (Å²) in [6, 6.07) is 6.47. The zero-order chi connectivity index (χ0) is 12.0. The molecule has 2 nitrogen and oxygen atoms in total. The molecule has 1 fully saturated rings. The van der Waals surface area contributed by atoms with Gasteiger partial charge in [0.2, 0.25) is 0 Å². The van der Waals surface area contributed by atoms with Crippen LogP contribution in [-0.4, -0.2) is 9.55 Å². The Labute approximate surface area is 107 Å². The van der Waals surface area contributed by atoms with Gasteiger partial charge >= 0.3 is 0 Å². The number of aryl methyl sites for hydroxylation is 1. The fraction of sp³-hybridized carbons (Fsp3) is 0.500. The van der Waals surface area contributed by atoms with Crippen molar-refractivity contribution in [3.05, 3.63) is 28.5 Å². The predicted octanol–water partition coefficient (Wildman–Crippen LogP) is 4.05. The van der Waals surface area contributed by atoms with Gasteiger partial charge in [-0.05, 0) is 61.5 Å². The summed E-state index contributed by atoms with van der Waals surface area (Å²) in [5.41, 5.74) is 3.70. The minimum absolute atomic E-state index is 0.737. The lowest BCUT2D eigenvalue weighted by Gasteiger charge is -2.11. The molecular weight excluding hydrogens is 228 g/mol. The van der Waals surface area contributed by atoms with Gasteiger partial charge in [-0.3, -0.25) is 0 Å². The van der Waals surface area contributed by atoms with Crippen molar-refractivity contribution < 1.29 is 0 Å². The molecule has 1 aromatic heterocycles. The van der Waals surface area contributed by atoms with Crippen LogP contribution in [0, 0.1) is 23.5 Å². The maximum atomic E-state index is 5.43. The first-order chi connectivity index (χ1) is 8.15. The van der Waals surface area contributed by atoms with E-state index in [9.17, 15) is 0 Å². The second-order valence-corrected chi connectivity index (χ2v) is 5.76. The van der Waals surface area contributed by atoms with Crippen LogP contribution in [0.25, 0.3) is 11.0 Å². The van der Waals surface area contributed by atoms with Crippen molar-refractivity contribution in [1.29, 1.82) is 0 Å². The van der Waals surface area contributed by atoms with Crippen LogP contribution in [0.2, 0.25) is 0 Å². The van der Waals surface area contributed by atoms with Crippen LogP contribution in [0.15, 0.2) is 18.2 Å². The Kier molecular flexibility index (Phi) is 2.58. The SMILES string of the molecule is Cc1ccc2[nH]c(=S)n(CC(C)C3CC3)c2c1. The standard InChI is InChI=1S/C14H18N2S/c1-9-3-6-12-13(7-9)16(14(17)15-12)8-10(2)11-4-5-11/h3,6-7,10-11H,4-5,8H2,1-2H3,(H,15,17). The number of aromatic nitrogens is 2. The van der Waals surface area contributed by atoms with E-state index >= 15 is 0 Å². The van der Waals surface area contributed by atoms with Crippen molar-refractivity contribution >= 4 is 23.3 Å². The number of imidazole rings is 1. The average molecular weight is 246 g/mol. The maximum Gasteiger partial charge on any atom is 0.178 e. The Morgan fingerprint density at radius 1 is 1.47 bits per heavy atom. The number of nitrogens with zero attached hydrogens (tertiary/aromatic N) is 1. The summed E-state index contributed by atoms with van der Waals surface area (Å²) in [6.07, 6.45) is 2.80. The summed E-state index contributed by atoms with van der Waals surface area (Å²) in [4.78, 5) is 3.30. The topological polar surface area (TPSA) is 20.7 Å². The van der Waals surface area contributed by atoms with Crippen molar-refractivity contribution in [3.63, 3.8) is 0 Å². The number of benzene rings is 1. The summed E-state index contributed by atoms with van der Waals surface area (Å²) in [6.45, 7) is 5.52. The molecule has 0 spiro atoms. The molecule has 1 saturated carbocycles. The van der Waals surface area contributed by atoms with Gasteiger partial charge in [0.15, 0.2) is 4.77 Å². The Bertz CT molecular complexity index is 604. The zero-order valence-electron chi connectivity index (χ0n) is 10.4. The van der Waals surface area contributed by atoms with Gasteiger partial charge in [0.1, 0.15) is 0 Å². The molecule has 1 heterocycles. The molecule has 1 unspecified atom stereocenters. The second kappa shape index (κ2) is 3.98. The molecular formula is C14H18N2S. The second-order valence-electron chi connectivity index (χ2n) is 5.38. The van der Waals surface area contributed by atoms with Gasteiger partial charge in [0, 0.05) is 6.54 Å². The largest absolute Gasteiger partial charge is 0.331 e. The van der Waals surface area contributed by atoms with Crippen molar-refractivity contribution in [3.8, 4) is 0 Å². The highest BCUT2D eigenvalue weighted by atomic mass is 32.1. The van der Waals surface area contributed by atoms with Crippen molar-refractivity contribution in [1.82, 2.24) is 9.55 Å². The lowest BCUT2D eigenvalue weighted by molar-refractivity contribution is 0.434. The zero-order valence-corrected chi connectivity index (χ0v) is 11.2. The molecule has 3 heteroatoms.